The second-order valence-electron chi connectivity index (χ2n) is 10.7. The fraction of sp³-hybridized carbons (Fsp3) is 0.188. The topological polar surface area (TPSA) is 114 Å². The highest BCUT2D eigenvalue weighted by molar-refractivity contribution is 5.96. The summed E-state index contributed by atoms with van der Waals surface area (Å²) in [5, 5.41) is 11.6. The summed E-state index contributed by atoms with van der Waals surface area (Å²) < 4.78 is 36.1. The van der Waals surface area contributed by atoms with Gasteiger partial charge in [0.25, 0.3) is 0 Å². The first-order valence-electron chi connectivity index (χ1n) is 14.0. The van der Waals surface area contributed by atoms with E-state index in [1.165, 1.54) is 42.2 Å². The third-order valence-electron chi connectivity index (χ3n) is 7.73. The number of nitrogens with one attached hydrogen (secondary N) is 1. The molecular formula is C32H26F2N8O2. The quantitative estimate of drug-likeness (QED) is 0.251. The van der Waals surface area contributed by atoms with Crippen molar-refractivity contribution in [3.63, 3.8) is 0 Å². The number of methoxy groups -OCH3 is 1. The predicted molar refractivity (Wildman–Crippen MR) is 157 cm³/mol. The molecule has 44 heavy (non-hydrogen) atoms. The number of fused-ring (bicyclic) bond motifs is 1. The highest BCUT2D eigenvalue weighted by atomic mass is 19.1. The third-order valence-corrected chi connectivity index (χ3v) is 7.73. The number of nitrogens with zero attached hydrogens (tertiary/aromatic N) is 7. The first kappa shape index (κ1) is 27.5. The molecule has 1 fully saturated rings. The van der Waals surface area contributed by atoms with E-state index in [0.717, 1.165) is 35.9 Å². The summed E-state index contributed by atoms with van der Waals surface area (Å²) in [6.07, 6.45) is 2.80. The minimum Gasteiger partial charge on any atom is -0.465 e. The molecule has 0 saturated carbocycles. The second-order valence-corrected chi connectivity index (χ2v) is 10.7. The minimum atomic E-state index is -0.731. The van der Waals surface area contributed by atoms with Crippen LogP contribution in [0.1, 0.15) is 33.4 Å². The van der Waals surface area contributed by atoms with E-state index in [1.807, 2.05) is 49.4 Å². The van der Waals surface area contributed by atoms with Gasteiger partial charge in [-0.05, 0) is 36.8 Å². The molecule has 7 rings (SSSR count). The van der Waals surface area contributed by atoms with Crippen LogP contribution < -0.4 is 0 Å². The van der Waals surface area contributed by atoms with Crippen molar-refractivity contribution in [1.82, 2.24) is 39.7 Å². The second kappa shape index (κ2) is 11.0. The van der Waals surface area contributed by atoms with Crippen molar-refractivity contribution < 1.29 is 18.3 Å². The fourth-order valence-electron chi connectivity index (χ4n) is 5.46. The lowest BCUT2D eigenvalue weighted by Gasteiger charge is -2.38. The number of aromatic nitrogens is 7. The van der Waals surface area contributed by atoms with Crippen LogP contribution in [0.4, 0.5) is 8.78 Å². The average molecular weight is 593 g/mol. The van der Waals surface area contributed by atoms with E-state index in [0.29, 0.717) is 23.6 Å². The van der Waals surface area contributed by atoms with Crippen molar-refractivity contribution >= 4 is 11.6 Å². The number of aryl methyl sites for hydroxylation is 1. The van der Waals surface area contributed by atoms with E-state index in [4.69, 9.17) is 4.74 Å². The molecule has 220 valence electrons. The Morgan fingerprint density at radius 3 is 2.48 bits per heavy atom. The number of likely N-dealkylation sites (tertiary alicyclic amines) is 1. The highest BCUT2D eigenvalue weighted by Gasteiger charge is 2.31. The monoisotopic (exact) mass is 592 g/mol. The highest BCUT2D eigenvalue weighted by Crippen LogP contribution is 2.35. The Morgan fingerprint density at radius 2 is 1.75 bits per heavy atom. The van der Waals surface area contributed by atoms with Gasteiger partial charge in [0.05, 0.1) is 24.6 Å². The third kappa shape index (κ3) is 4.98. The van der Waals surface area contributed by atoms with Crippen molar-refractivity contribution in [2.75, 3.05) is 20.2 Å². The minimum absolute atomic E-state index is 0.146. The van der Waals surface area contributed by atoms with Crippen LogP contribution in [0.3, 0.4) is 0 Å². The van der Waals surface area contributed by atoms with Gasteiger partial charge in [-0.15, -0.1) is 0 Å². The molecule has 1 saturated heterocycles. The zero-order valence-corrected chi connectivity index (χ0v) is 23.8. The summed E-state index contributed by atoms with van der Waals surface area (Å²) >= 11 is 0. The van der Waals surface area contributed by atoms with Gasteiger partial charge in [-0.2, -0.15) is 10.2 Å². The molecule has 0 amide bonds. The summed E-state index contributed by atoms with van der Waals surface area (Å²) in [4.78, 5) is 28.4. The molecule has 0 aliphatic carbocycles. The average Bonchev–Trinajstić information content (AvgIpc) is 3.66. The van der Waals surface area contributed by atoms with Gasteiger partial charge >= 0.3 is 5.97 Å². The van der Waals surface area contributed by atoms with Gasteiger partial charge in [0.15, 0.2) is 11.5 Å². The number of carbonyl (C=O) groups is 1. The van der Waals surface area contributed by atoms with Crippen molar-refractivity contribution in [1.29, 1.82) is 0 Å². The molecule has 5 heterocycles. The molecule has 0 unspecified atom stereocenters. The van der Waals surface area contributed by atoms with Crippen LogP contribution in [0.5, 0.6) is 0 Å². The zero-order valence-electron chi connectivity index (χ0n) is 23.8. The number of esters is 1. The lowest BCUT2D eigenvalue weighted by atomic mass is 9.97. The molecule has 1 aliphatic heterocycles. The van der Waals surface area contributed by atoms with Crippen LogP contribution in [-0.2, 0) is 11.3 Å². The van der Waals surface area contributed by atoms with Crippen LogP contribution in [0.15, 0.2) is 73.1 Å². The van der Waals surface area contributed by atoms with E-state index >= 15 is 0 Å². The smallest absolute Gasteiger partial charge is 0.343 e. The molecule has 2 aromatic carbocycles. The summed E-state index contributed by atoms with van der Waals surface area (Å²) in [5.74, 6) is -0.394. The number of hydrogen-bond donors (Lipinski definition) is 1. The van der Waals surface area contributed by atoms with Gasteiger partial charge in [0.1, 0.15) is 28.7 Å². The number of carbonyl (C=O) groups excluding carboxylic acids is 1. The normalized spacial score (nSPS) is 13.7. The van der Waals surface area contributed by atoms with E-state index < -0.39 is 17.6 Å². The Labute approximate surface area is 250 Å². The van der Waals surface area contributed by atoms with Crippen LogP contribution in [0.25, 0.3) is 39.5 Å². The van der Waals surface area contributed by atoms with Gasteiger partial charge < -0.3 is 4.74 Å². The van der Waals surface area contributed by atoms with E-state index in [1.54, 1.807) is 0 Å². The van der Waals surface area contributed by atoms with Crippen molar-refractivity contribution in [2.45, 2.75) is 19.4 Å². The summed E-state index contributed by atoms with van der Waals surface area (Å²) in [6.45, 7) is 4.30. The van der Waals surface area contributed by atoms with Gasteiger partial charge in [-0.25, -0.2) is 33.0 Å². The lowest BCUT2D eigenvalue weighted by molar-refractivity contribution is 0.0602. The van der Waals surface area contributed by atoms with Crippen LogP contribution >= 0.6 is 0 Å². The Balaban J connectivity index is 1.12. The molecule has 10 nitrogen and oxygen atoms in total. The molecular weight excluding hydrogens is 566 g/mol. The largest absolute Gasteiger partial charge is 0.465 e. The maximum atomic E-state index is 14.9. The fourth-order valence-corrected chi connectivity index (χ4v) is 5.46. The first-order chi connectivity index (χ1) is 21.4. The van der Waals surface area contributed by atoms with Crippen LogP contribution in [-0.4, -0.2) is 65.8 Å². The Hall–Kier alpha value is -5.36. The summed E-state index contributed by atoms with van der Waals surface area (Å²) in [6, 6.07) is 17.1. The van der Waals surface area contributed by atoms with Crippen molar-refractivity contribution in [2.24, 2.45) is 0 Å². The lowest BCUT2D eigenvalue weighted by Crippen LogP contribution is -2.44. The molecule has 0 bridgehead atoms. The number of rotatable bonds is 7. The Kier molecular flexibility index (Phi) is 6.90. The van der Waals surface area contributed by atoms with Crippen molar-refractivity contribution in [3.05, 3.63) is 107 Å². The number of aromatic amines is 1. The molecule has 6 aromatic rings. The van der Waals surface area contributed by atoms with Gasteiger partial charge in [0, 0.05) is 48.6 Å². The van der Waals surface area contributed by atoms with Crippen LogP contribution in [0.2, 0.25) is 0 Å². The first-order valence-corrected chi connectivity index (χ1v) is 14.0. The number of halogens is 2. The Bertz CT molecular complexity index is 2000. The van der Waals surface area contributed by atoms with E-state index in [-0.39, 0.29) is 28.3 Å². The molecule has 0 atom stereocenters. The number of benzene rings is 2. The maximum Gasteiger partial charge on any atom is 0.343 e. The van der Waals surface area contributed by atoms with E-state index in [2.05, 4.69) is 35.1 Å². The molecule has 0 spiro atoms. The number of ether oxygens (including phenoxy) is 1. The Morgan fingerprint density at radius 1 is 1.00 bits per heavy atom. The van der Waals surface area contributed by atoms with E-state index in [9.17, 15) is 13.6 Å². The summed E-state index contributed by atoms with van der Waals surface area (Å²) in [7, 11) is 1.26. The number of H-pyrrole nitrogens is 1. The number of pyridine rings is 1. The molecule has 4 aromatic heterocycles. The molecule has 1 N–H and O–H groups in total. The molecule has 12 heteroatoms. The van der Waals surface area contributed by atoms with Gasteiger partial charge in [-0.3, -0.25) is 10.00 Å². The number of hydrogen-bond acceptors (Lipinski definition) is 8. The van der Waals surface area contributed by atoms with Crippen molar-refractivity contribution in [3.8, 4) is 33.9 Å². The summed E-state index contributed by atoms with van der Waals surface area (Å²) in [5.41, 5.74) is 4.01. The molecule has 1 aliphatic rings. The maximum absolute atomic E-state index is 14.9. The molecule has 0 radical (unpaired) electrons. The predicted octanol–water partition coefficient (Wildman–Crippen LogP) is 5.22. The standard InChI is InChI=1S/C32H26F2N8O2/c1-18-5-3-8-26(36-18)30-38-29(39-40-30)21-15-41(16-21)14-19-9-11-20(12-10-19)28-23(27-24(33)6-4-7-25(27)34)17-42-31(37-28)22(13-35-42)32(43)44-2/h3-13,17,21H,14-16H2,1-2H3,(H,38,39,40). The zero-order chi connectivity index (χ0) is 30.4. The SMILES string of the molecule is COC(=O)c1cnn2cc(-c3c(F)cccc3F)c(-c3ccc(CN4CC(c5nc(-c6cccc(C)n6)n[nH]5)C4)cc3)nc12. The van der Waals surface area contributed by atoms with Gasteiger partial charge in [0.2, 0.25) is 0 Å². The van der Waals surface area contributed by atoms with Gasteiger partial charge in [-0.1, -0.05) is 36.4 Å². The van der Waals surface area contributed by atoms with Crippen LogP contribution in [0, 0.1) is 18.6 Å².